The Bertz CT molecular complexity index is 524. The highest BCUT2D eigenvalue weighted by molar-refractivity contribution is 6.33. The molecule has 0 aliphatic carbocycles. The standard InChI is InChI=1S/C15H22ClN3O2/c1-9-5-6-19(8-14(9)20)10(2)15(21)18-11-3-4-12(16)13(17)7-11/h3-4,7,9-10,14,20H,5-6,8,17H2,1-2H3,(H,18,21). The number of carbonyl (C=O) groups excluding carboxylic acids is 1. The number of piperidine rings is 1. The number of hydrogen-bond acceptors (Lipinski definition) is 4. The molecule has 1 amide bonds. The monoisotopic (exact) mass is 311 g/mol. The lowest BCUT2D eigenvalue weighted by atomic mass is 9.95. The minimum absolute atomic E-state index is 0.113. The molecule has 0 radical (unpaired) electrons. The molecule has 3 unspecified atom stereocenters. The average molecular weight is 312 g/mol. The lowest BCUT2D eigenvalue weighted by Gasteiger charge is -2.37. The third kappa shape index (κ3) is 3.87. The predicted octanol–water partition coefficient (Wildman–Crippen LogP) is 1.95. The van der Waals surface area contributed by atoms with E-state index < -0.39 is 0 Å². The van der Waals surface area contributed by atoms with Gasteiger partial charge < -0.3 is 16.2 Å². The van der Waals surface area contributed by atoms with Crippen molar-refractivity contribution in [1.82, 2.24) is 4.90 Å². The van der Waals surface area contributed by atoms with E-state index in [1.165, 1.54) is 0 Å². The van der Waals surface area contributed by atoms with E-state index in [-0.39, 0.29) is 24.0 Å². The van der Waals surface area contributed by atoms with E-state index >= 15 is 0 Å². The topological polar surface area (TPSA) is 78.6 Å². The fraction of sp³-hybridized carbons (Fsp3) is 0.533. The summed E-state index contributed by atoms with van der Waals surface area (Å²) in [5.74, 6) is 0.172. The highest BCUT2D eigenvalue weighted by Gasteiger charge is 2.30. The number of anilines is 2. The average Bonchev–Trinajstić information content (AvgIpc) is 2.45. The van der Waals surface area contributed by atoms with Crippen LogP contribution in [0.1, 0.15) is 20.3 Å². The third-order valence-corrected chi connectivity index (χ3v) is 4.48. The van der Waals surface area contributed by atoms with Crippen LogP contribution in [0.5, 0.6) is 0 Å². The number of β-amino-alcohol motifs (C(OH)–C–C–N with tert-alkyl or cyclic N) is 1. The number of nitrogens with two attached hydrogens (primary N) is 1. The predicted molar refractivity (Wildman–Crippen MR) is 85.3 cm³/mol. The maximum Gasteiger partial charge on any atom is 0.241 e. The van der Waals surface area contributed by atoms with Crippen LogP contribution in [0.25, 0.3) is 0 Å². The van der Waals surface area contributed by atoms with Crippen LogP contribution in [-0.2, 0) is 4.79 Å². The second-order valence-corrected chi connectivity index (χ2v) is 6.14. The molecular formula is C15H22ClN3O2. The minimum atomic E-state index is -0.375. The van der Waals surface area contributed by atoms with E-state index in [1.54, 1.807) is 18.2 Å². The van der Waals surface area contributed by atoms with Crippen molar-refractivity contribution in [3.8, 4) is 0 Å². The van der Waals surface area contributed by atoms with Crippen molar-refractivity contribution in [3.05, 3.63) is 23.2 Å². The summed E-state index contributed by atoms with van der Waals surface area (Å²) in [5.41, 5.74) is 6.78. The summed E-state index contributed by atoms with van der Waals surface area (Å²) in [7, 11) is 0. The first-order valence-electron chi connectivity index (χ1n) is 7.16. The number of hydrogen-bond donors (Lipinski definition) is 3. The number of likely N-dealkylation sites (tertiary alicyclic amines) is 1. The molecule has 2 rings (SSSR count). The quantitative estimate of drug-likeness (QED) is 0.746. The van der Waals surface area contributed by atoms with Gasteiger partial charge >= 0.3 is 0 Å². The Kier molecular flexibility index (Phi) is 5.08. The molecule has 1 aromatic carbocycles. The molecule has 0 aromatic heterocycles. The van der Waals surface area contributed by atoms with Crippen molar-refractivity contribution in [3.63, 3.8) is 0 Å². The second-order valence-electron chi connectivity index (χ2n) is 5.73. The lowest BCUT2D eigenvalue weighted by Crippen LogP contribution is -2.50. The fourth-order valence-corrected chi connectivity index (χ4v) is 2.58. The molecule has 3 atom stereocenters. The van der Waals surface area contributed by atoms with Crippen molar-refractivity contribution in [2.45, 2.75) is 32.4 Å². The second kappa shape index (κ2) is 6.64. The first kappa shape index (κ1) is 16.1. The number of amides is 1. The molecule has 0 saturated carbocycles. The Labute approximate surface area is 130 Å². The van der Waals surface area contributed by atoms with Crippen LogP contribution in [0.3, 0.4) is 0 Å². The zero-order valence-electron chi connectivity index (χ0n) is 12.3. The SMILES string of the molecule is CC1CCN(C(C)C(=O)Nc2ccc(Cl)c(N)c2)CC1O. The van der Waals surface area contributed by atoms with Crippen LogP contribution < -0.4 is 11.1 Å². The number of nitrogens with zero attached hydrogens (tertiary/aromatic N) is 1. The highest BCUT2D eigenvalue weighted by atomic mass is 35.5. The maximum atomic E-state index is 12.3. The molecule has 6 heteroatoms. The van der Waals surface area contributed by atoms with E-state index in [2.05, 4.69) is 5.32 Å². The molecule has 0 spiro atoms. The maximum absolute atomic E-state index is 12.3. The Morgan fingerprint density at radius 2 is 2.29 bits per heavy atom. The normalized spacial score (nSPS) is 24.6. The molecule has 0 bridgehead atoms. The molecule has 1 aromatic rings. The first-order valence-corrected chi connectivity index (χ1v) is 7.54. The molecule has 21 heavy (non-hydrogen) atoms. The minimum Gasteiger partial charge on any atom is -0.397 e. The van der Waals surface area contributed by atoms with Gasteiger partial charge in [0.15, 0.2) is 0 Å². The van der Waals surface area contributed by atoms with E-state index in [9.17, 15) is 9.90 Å². The highest BCUT2D eigenvalue weighted by Crippen LogP contribution is 2.23. The molecule has 4 N–H and O–H groups in total. The summed E-state index contributed by atoms with van der Waals surface area (Å²) in [6.45, 7) is 5.22. The summed E-state index contributed by atoms with van der Waals surface area (Å²) in [4.78, 5) is 14.3. The fourth-order valence-electron chi connectivity index (χ4n) is 2.46. The van der Waals surface area contributed by atoms with Crippen molar-refractivity contribution in [2.24, 2.45) is 5.92 Å². The Balaban J connectivity index is 1.97. The van der Waals surface area contributed by atoms with E-state index in [1.807, 2.05) is 18.7 Å². The Morgan fingerprint density at radius 1 is 1.57 bits per heavy atom. The van der Waals surface area contributed by atoms with Crippen molar-refractivity contribution in [1.29, 1.82) is 0 Å². The smallest absolute Gasteiger partial charge is 0.241 e. The number of benzene rings is 1. The van der Waals surface area contributed by atoms with Gasteiger partial charge in [-0.15, -0.1) is 0 Å². The van der Waals surface area contributed by atoms with Gasteiger partial charge in [-0.3, -0.25) is 9.69 Å². The molecule has 116 valence electrons. The van der Waals surface area contributed by atoms with Crippen LogP contribution in [-0.4, -0.2) is 41.1 Å². The molecule has 1 aliphatic heterocycles. The number of halogens is 1. The number of nitrogens with one attached hydrogen (secondary N) is 1. The van der Waals surface area contributed by atoms with Gasteiger partial charge in [0.2, 0.25) is 5.91 Å². The molecule has 1 fully saturated rings. The third-order valence-electron chi connectivity index (χ3n) is 4.14. The number of rotatable bonds is 3. The van der Waals surface area contributed by atoms with Gasteiger partial charge in [0.05, 0.1) is 22.9 Å². The summed E-state index contributed by atoms with van der Waals surface area (Å²) in [6, 6.07) is 4.71. The summed E-state index contributed by atoms with van der Waals surface area (Å²) in [6.07, 6.45) is 0.521. The zero-order valence-corrected chi connectivity index (χ0v) is 13.1. The van der Waals surface area contributed by atoms with E-state index in [4.69, 9.17) is 17.3 Å². The first-order chi connectivity index (χ1) is 9.88. The number of nitrogen functional groups attached to an aromatic ring is 1. The van der Waals surface area contributed by atoms with Gasteiger partial charge in [-0.2, -0.15) is 0 Å². The van der Waals surface area contributed by atoms with Gasteiger partial charge in [0.1, 0.15) is 0 Å². The molecule has 1 heterocycles. The van der Waals surface area contributed by atoms with Gasteiger partial charge in [-0.1, -0.05) is 18.5 Å². The van der Waals surface area contributed by atoms with Crippen LogP contribution >= 0.6 is 11.6 Å². The number of aliphatic hydroxyl groups is 1. The molecule has 5 nitrogen and oxygen atoms in total. The number of carbonyl (C=O) groups is 1. The van der Waals surface area contributed by atoms with Crippen LogP contribution in [0, 0.1) is 5.92 Å². The Hall–Kier alpha value is -1.30. The largest absolute Gasteiger partial charge is 0.397 e. The van der Waals surface area contributed by atoms with Crippen LogP contribution in [0.4, 0.5) is 11.4 Å². The van der Waals surface area contributed by atoms with Gasteiger partial charge in [-0.05, 0) is 44.0 Å². The summed E-state index contributed by atoms with van der Waals surface area (Å²) < 4.78 is 0. The van der Waals surface area contributed by atoms with Gasteiger partial charge in [0.25, 0.3) is 0 Å². The summed E-state index contributed by atoms with van der Waals surface area (Å²) in [5, 5.41) is 13.2. The molecular weight excluding hydrogens is 290 g/mol. The molecule has 1 saturated heterocycles. The van der Waals surface area contributed by atoms with Gasteiger partial charge in [-0.25, -0.2) is 0 Å². The van der Waals surface area contributed by atoms with Crippen molar-refractivity contribution < 1.29 is 9.90 Å². The molecule has 1 aliphatic rings. The van der Waals surface area contributed by atoms with E-state index in [0.717, 1.165) is 13.0 Å². The van der Waals surface area contributed by atoms with Crippen molar-refractivity contribution >= 4 is 28.9 Å². The van der Waals surface area contributed by atoms with Gasteiger partial charge in [0, 0.05) is 12.2 Å². The van der Waals surface area contributed by atoms with Crippen molar-refractivity contribution in [2.75, 3.05) is 24.1 Å². The van der Waals surface area contributed by atoms with Crippen LogP contribution in [0.15, 0.2) is 18.2 Å². The number of aliphatic hydroxyl groups excluding tert-OH is 1. The zero-order chi connectivity index (χ0) is 15.6. The summed E-state index contributed by atoms with van der Waals surface area (Å²) >= 11 is 5.86. The lowest BCUT2D eigenvalue weighted by molar-refractivity contribution is -0.122. The Morgan fingerprint density at radius 3 is 2.90 bits per heavy atom. The van der Waals surface area contributed by atoms with E-state index in [0.29, 0.717) is 22.9 Å². The van der Waals surface area contributed by atoms with Crippen LogP contribution in [0.2, 0.25) is 5.02 Å².